The summed E-state index contributed by atoms with van der Waals surface area (Å²) in [5.41, 5.74) is 1.85. The van der Waals surface area contributed by atoms with Crippen molar-refractivity contribution in [2.75, 3.05) is 13.2 Å². The van der Waals surface area contributed by atoms with Gasteiger partial charge in [0.15, 0.2) is 0 Å². The maximum atomic E-state index is 11.5. The molecule has 4 heterocycles. The molecule has 2 bridgehead atoms. The zero-order valence-corrected chi connectivity index (χ0v) is 13.3. The van der Waals surface area contributed by atoms with Gasteiger partial charge in [-0.2, -0.15) is 0 Å². The number of aromatic carboxylic acids is 1. The second-order valence-corrected chi connectivity index (χ2v) is 6.97. The molecule has 6 nitrogen and oxygen atoms in total. The molecule has 1 saturated carbocycles. The van der Waals surface area contributed by atoms with Crippen molar-refractivity contribution in [3.63, 3.8) is 0 Å². The Hall–Kier alpha value is -2.08. The summed E-state index contributed by atoms with van der Waals surface area (Å²) in [5, 5.41) is 9.40. The van der Waals surface area contributed by atoms with Crippen molar-refractivity contribution < 1.29 is 19.4 Å². The highest BCUT2D eigenvalue weighted by Crippen LogP contribution is 2.58. The average Bonchev–Trinajstić information content (AvgIpc) is 3.13. The predicted octanol–water partition coefficient (Wildman–Crippen LogP) is 2.64. The molecule has 3 aliphatic rings. The fraction of sp³-hybridized carbons (Fsp3) is 0.529. The number of carboxylic acid groups (broad SMARTS) is 1. The molecule has 2 aromatic heterocycles. The molecule has 0 amide bonds. The third-order valence-electron chi connectivity index (χ3n) is 4.91. The van der Waals surface area contributed by atoms with Crippen LogP contribution in [0.25, 0.3) is 5.65 Å². The first-order valence-electron chi connectivity index (χ1n) is 7.98. The lowest BCUT2D eigenvalue weighted by molar-refractivity contribution is 0.0154. The molecule has 5 rings (SSSR count). The van der Waals surface area contributed by atoms with E-state index in [4.69, 9.17) is 14.5 Å². The number of carbonyl (C=O) groups is 1. The molecule has 0 unspecified atom stereocenters. The highest BCUT2D eigenvalue weighted by atomic mass is 16.5. The number of nitrogens with zero attached hydrogens (tertiary/aromatic N) is 2. The van der Waals surface area contributed by atoms with Gasteiger partial charge in [0.05, 0.1) is 24.5 Å². The summed E-state index contributed by atoms with van der Waals surface area (Å²) in [6.45, 7) is 5.30. The van der Waals surface area contributed by atoms with Crippen LogP contribution in [0, 0.1) is 0 Å². The molecule has 2 aromatic rings. The normalized spacial score (nSPS) is 28.8. The Labute approximate surface area is 134 Å². The number of carboxylic acids is 1. The maximum absolute atomic E-state index is 11.5. The van der Waals surface area contributed by atoms with Crippen LogP contribution < -0.4 is 4.74 Å². The van der Waals surface area contributed by atoms with Crippen molar-refractivity contribution in [1.29, 1.82) is 0 Å². The fourth-order valence-electron chi connectivity index (χ4n) is 3.91. The Kier molecular flexibility index (Phi) is 2.97. The largest absolute Gasteiger partial charge is 0.492 e. The summed E-state index contributed by atoms with van der Waals surface area (Å²) in [7, 11) is 0. The van der Waals surface area contributed by atoms with Crippen LogP contribution in [0.15, 0.2) is 18.5 Å². The van der Waals surface area contributed by atoms with Gasteiger partial charge in [-0.3, -0.25) is 0 Å². The molecule has 1 aliphatic carbocycles. The van der Waals surface area contributed by atoms with E-state index in [0.29, 0.717) is 24.6 Å². The third-order valence-corrected chi connectivity index (χ3v) is 4.91. The molecule has 122 valence electrons. The number of fused-ring (bicyclic) bond motifs is 2. The van der Waals surface area contributed by atoms with Crippen LogP contribution in [0.5, 0.6) is 5.75 Å². The van der Waals surface area contributed by atoms with Gasteiger partial charge in [-0.25, -0.2) is 9.78 Å². The molecule has 2 aliphatic heterocycles. The van der Waals surface area contributed by atoms with Crippen LogP contribution in [0.1, 0.15) is 49.2 Å². The SMILES string of the molecule is CCCOc1cc2nc(C34COC(C)(C3)C4)cn2cc1C(=O)O. The molecule has 0 aromatic carbocycles. The molecular weight excluding hydrogens is 296 g/mol. The Morgan fingerprint density at radius 3 is 2.87 bits per heavy atom. The van der Waals surface area contributed by atoms with Gasteiger partial charge in [0.25, 0.3) is 0 Å². The summed E-state index contributed by atoms with van der Waals surface area (Å²) in [6, 6.07) is 1.72. The van der Waals surface area contributed by atoms with E-state index in [1.807, 2.05) is 13.1 Å². The number of hydrogen-bond acceptors (Lipinski definition) is 4. The summed E-state index contributed by atoms with van der Waals surface area (Å²) < 4.78 is 13.2. The van der Waals surface area contributed by atoms with Gasteiger partial charge in [0.2, 0.25) is 0 Å². The van der Waals surface area contributed by atoms with Crippen LogP contribution in [0.3, 0.4) is 0 Å². The van der Waals surface area contributed by atoms with Crippen molar-refractivity contribution in [3.05, 3.63) is 29.7 Å². The Bertz CT molecular complexity index is 789. The van der Waals surface area contributed by atoms with Crippen LogP contribution >= 0.6 is 0 Å². The van der Waals surface area contributed by atoms with E-state index in [1.165, 1.54) is 0 Å². The van der Waals surface area contributed by atoms with Crippen molar-refractivity contribution in [3.8, 4) is 5.75 Å². The average molecular weight is 316 g/mol. The zero-order valence-electron chi connectivity index (χ0n) is 13.3. The van der Waals surface area contributed by atoms with E-state index in [-0.39, 0.29) is 16.6 Å². The summed E-state index contributed by atoms with van der Waals surface area (Å²) in [6.07, 6.45) is 6.30. The van der Waals surface area contributed by atoms with Gasteiger partial charge in [-0.1, -0.05) is 6.92 Å². The molecule has 6 heteroatoms. The summed E-state index contributed by atoms with van der Waals surface area (Å²) in [5.74, 6) is -0.616. The maximum Gasteiger partial charge on any atom is 0.341 e. The highest BCUT2D eigenvalue weighted by molar-refractivity contribution is 5.91. The molecule has 2 saturated heterocycles. The van der Waals surface area contributed by atoms with Crippen LogP contribution in [-0.4, -0.2) is 39.3 Å². The minimum absolute atomic E-state index is 0.00256. The zero-order chi connectivity index (χ0) is 16.2. The molecule has 0 atom stereocenters. The van der Waals surface area contributed by atoms with E-state index in [1.54, 1.807) is 16.7 Å². The van der Waals surface area contributed by atoms with Crippen molar-refractivity contribution in [1.82, 2.24) is 9.38 Å². The molecule has 23 heavy (non-hydrogen) atoms. The lowest BCUT2D eigenvalue weighted by Gasteiger charge is -2.41. The van der Waals surface area contributed by atoms with Gasteiger partial charge in [0, 0.05) is 23.9 Å². The van der Waals surface area contributed by atoms with Crippen molar-refractivity contribution in [2.24, 2.45) is 0 Å². The van der Waals surface area contributed by atoms with Gasteiger partial charge in [0.1, 0.15) is 17.0 Å². The quantitative estimate of drug-likeness (QED) is 0.918. The molecular formula is C17H20N2O4. The third kappa shape index (κ3) is 2.12. The first-order valence-corrected chi connectivity index (χ1v) is 7.98. The van der Waals surface area contributed by atoms with Crippen molar-refractivity contribution >= 4 is 11.6 Å². The topological polar surface area (TPSA) is 73.1 Å². The summed E-state index contributed by atoms with van der Waals surface area (Å²) in [4.78, 5) is 16.2. The number of pyridine rings is 1. The van der Waals surface area contributed by atoms with Crippen molar-refractivity contribution in [2.45, 2.75) is 44.1 Å². The standard InChI is InChI=1S/C17H20N2O4/c1-3-4-22-12-5-14-18-13(7-19(14)6-11(12)15(20)21)17-8-16(2,9-17)23-10-17/h5-7H,3-4,8-10H2,1-2H3,(H,20,21). The van der Waals surface area contributed by atoms with E-state index in [9.17, 15) is 9.90 Å². The lowest BCUT2D eigenvalue weighted by Crippen LogP contribution is -2.45. The van der Waals surface area contributed by atoms with E-state index >= 15 is 0 Å². The number of aromatic nitrogens is 2. The van der Waals surface area contributed by atoms with Gasteiger partial charge >= 0.3 is 5.97 Å². The van der Waals surface area contributed by atoms with Gasteiger partial charge in [-0.05, 0) is 26.2 Å². The predicted molar refractivity (Wildman–Crippen MR) is 83.2 cm³/mol. The molecule has 3 fully saturated rings. The van der Waals surface area contributed by atoms with Gasteiger partial charge < -0.3 is 19.0 Å². The second-order valence-electron chi connectivity index (χ2n) is 6.97. The number of imidazole rings is 1. The van der Waals surface area contributed by atoms with E-state index < -0.39 is 5.97 Å². The van der Waals surface area contributed by atoms with E-state index in [2.05, 4.69) is 6.92 Å². The Morgan fingerprint density at radius 2 is 2.26 bits per heavy atom. The molecule has 1 N–H and O–H groups in total. The Balaban J connectivity index is 1.75. The molecule has 0 radical (unpaired) electrons. The van der Waals surface area contributed by atoms with E-state index in [0.717, 1.165) is 25.0 Å². The van der Waals surface area contributed by atoms with Crippen LogP contribution in [-0.2, 0) is 10.2 Å². The molecule has 0 spiro atoms. The number of ether oxygens (including phenoxy) is 2. The number of rotatable bonds is 5. The monoisotopic (exact) mass is 316 g/mol. The second kappa shape index (κ2) is 4.71. The minimum Gasteiger partial charge on any atom is -0.492 e. The summed E-state index contributed by atoms with van der Waals surface area (Å²) >= 11 is 0. The highest BCUT2D eigenvalue weighted by Gasteiger charge is 2.61. The first-order chi connectivity index (χ1) is 10.9. The van der Waals surface area contributed by atoms with Gasteiger partial charge in [-0.15, -0.1) is 0 Å². The minimum atomic E-state index is -0.994. The first kappa shape index (κ1) is 14.5. The number of hydrogen-bond donors (Lipinski definition) is 1. The fourth-order valence-corrected chi connectivity index (χ4v) is 3.91. The van der Waals surface area contributed by atoms with Crippen LogP contribution in [0.2, 0.25) is 0 Å². The lowest BCUT2D eigenvalue weighted by atomic mass is 9.62. The Morgan fingerprint density at radius 1 is 1.48 bits per heavy atom. The smallest absolute Gasteiger partial charge is 0.341 e. The van der Waals surface area contributed by atoms with Crippen LogP contribution in [0.4, 0.5) is 0 Å².